The lowest BCUT2D eigenvalue weighted by atomic mass is 10.1. The summed E-state index contributed by atoms with van der Waals surface area (Å²) in [7, 11) is 0. The molecule has 0 saturated carbocycles. The first-order valence-electron chi connectivity index (χ1n) is 11.5. The molecule has 7 nitrogen and oxygen atoms in total. The summed E-state index contributed by atoms with van der Waals surface area (Å²) in [6.45, 7) is 1.54. The van der Waals surface area contributed by atoms with Crippen LogP contribution in [-0.4, -0.2) is 24.4 Å². The summed E-state index contributed by atoms with van der Waals surface area (Å²) < 4.78 is 10.9. The molecule has 4 aromatic carbocycles. The van der Waals surface area contributed by atoms with Crippen molar-refractivity contribution in [1.82, 2.24) is 0 Å². The number of esters is 1. The number of rotatable bonds is 9. The largest absolute Gasteiger partial charge is 0.457 e. The Hall–Kier alpha value is -4.65. The lowest BCUT2D eigenvalue weighted by molar-refractivity contribution is -0.147. The maximum absolute atomic E-state index is 12.2. The van der Waals surface area contributed by atoms with Crippen LogP contribution in [0.2, 0.25) is 0 Å². The van der Waals surface area contributed by atoms with Gasteiger partial charge in [-0.1, -0.05) is 54.6 Å². The van der Waals surface area contributed by atoms with Gasteiger partial charge >= 0.3 is 5.97 Å². The quantitative estimate of drug-likeness (QED) is 0.292. The Morgan fingerprint density at radius 2 is 1.44 bits per heavy atom. The van der Waals surface area contributed by atoms with Crippen molar-refractivity contribution in [2.45, 2.75) is 19.8 Å². The fourth-order valence-electron chi connectivity index (χ4n) is 3.58. The van der Waals surface area contributed by atoms with Crippen LogP contribution >= 0.6 is 0 Å². The highest BCUT2D eigenvalue weighted by Gasteiger charge is 2.12. The second-order valence-corrected chi connectivity index (χ2v) is 8.18. The van der Waals surface area contributed by atoms with Gasteiger partial charge in [-0.3, -0.25) is 14.4 Å². The van der Waals surface area contributed by atoms with Crippen molar-refractivity contribution in [3.8, 4) is 11.5 Å². The van der Waals surface area contributed by atoms with E-state index < -0.39 is 18.5 Å². The fraction of sp³-hybridized carbons (Fsp3) is 0.138. The maximum Gasteiger partial charge on any atom is 0.306 e. The monoisotopic (exact) mass is 482 g/mol. The molecular formula is C29H26N2O5. The van der Waals surface area contributed by atoms with Crippen LogP contribution in [0.3, 0.4) is 0 Å². The third-order valence-electron chi connectivity index (χ3n) is 5.44. The highest BCUT2D eigenvalue weighted by molar-refractivity contribution is 6.02. The van der Waals surface area contributed by atoms with Crippen molar-refractivity contribution in [1.29, 1.82) is 0 Å². The van der Waals surface area contributed by atoms with Crippen molar-refractivity contribution in [2.24, 2.45) is 0 Å². The van der Waals surface area contributed by atoms with E-state index in [4.69, 9.17) is 9.47 Å². The maximum atomic E-state index is 12.2. The smallest absolute Gasteiger partial charge is 0.306 e. The molecule has 0 saturated heterocycles. The zero-order valence-electron chi connectivity index (χ0n) is 19.8. The fourth-order valence-corrected chi connectivity index (χ4v) is 3.58. The number of nitrogens with one attached hydrogen (secondary N) is 2. The Morgan fingerprint density at radius 1 is 0.722 bits per heavy atom. The van der Waals surface area contributed by atoms with E-state index in [1.807, 2.05) is 67.6 Å². The number of carbonyl (C=O) groups is 3. The number of hydrogen-bond donors (Lipinski definition) is 2. The molecule has 0 radical (unpaired) electrons. The van der Waals surface area contributed by atoms with Gasteiger partial charge in [0.2, 0.25) is 5.91 Å². The molecule has 0 heterocycles. The molecule has 4 aromatic rings. The van der Waals surface area contributed by atoms with Crippen molar-refractivity contribution in [2.75, 3.05) is 17.2 Å². The summed E-state index contributed by atoms with van der Waals surface area (Å²) in [4.78, 5) is 36.5. The SMILES string of the molecule is Cc1ccccc1Oc1ccc(NC(=O)CCC(=O)OCC(=O)Nc2cccc3ccccc23)cc1. The topological polar surface area (TPSA) is 93.7 Å². The third kappa shape index (κ3) is 6.70. The Labute approximate surface area is 209 Å². The molecule has 0 atom stereocenters. The van der Waals surface area contributed by atoms with E-state index in [2.05, 4.69) is 10.6 Å². The zero-order valence-corrected chi connectivity index (χ0v) is 19.8. The summed E-state index contributed by atoms with van der Waals surface area (Å²) in [6.07, 6.45) is -0.201. The van der Waals surface area contributed by atoms with Crippen LogP contribution in [0.5, 0.6) is 11.5 Å². The molecule has 0 fully saturated rings. The van der Waals surface area contributed by atoms with Crippen LogP contribution in [0.25, 0.3) is 10.8 Å². The Morgan fingerprint density at radius 3 is 2.25 bits per heavy atom. The molecule has 0 bridgehead atoms. The third-order valence-corrected chi connectivity index (χ3v) is 5.44. The van der Waals surface area contributed by atoms with Gasteiger partial charge in [0.15, 0.2) is 6.61 Å². The van der Waals surface area contributed by atoms with Crippen LogP contribution in [0.1, 0.15) is 18.4 Å². The summed E-state index contributed by atoms with van der Waals surface area (Å²) in [6, 6.07) is 27.9. The standard InChI is InChI=1S/C29H26N2O5/c1-20-7-2-5-12-26(20)36-23-15-13-22(14-16-23)30-27(32)17-18-29(34)35-19-28(33)31-25-11-6-9-21-8-3-4-10-24(21)25/h2-16H,17-19H2,1H3,(H,30,32)(H,31,33). The van der Waals surface area contributed by atoms with Crippen LogP contribution < -0.4 is 15.4 Å². The highest BCUT2D eigenvalue weighted by atomic mass is 16.5. The van der Waals surface area contributed by atoms with Gasteiger partial charge in [0.25, 0.3) is 5.91 Å². The summed E-state index contributed by atoms with van der Waals surface area (Å²) in [5.74, 6) is 0.00309. The minimum Gasteiger partial charge on any atom is -0.457 e. The highest BCUT2D eigenvalue weighted by Crippen LogP contribution is 2.26. The van der Waals surface area contributed by atoms with Gasteiger partial charge in [0, 0.05) is 23.2 Å². The minimum absolute atomic E-state index is 0.0642. The van der Waals surface area contributed by atoms with Gasteiger partial charge in [-0.15, -0.1) is 0 Å². The predicted molar refractivity (Wildman–Crippen MR) is 139 cm³/mol. The molecular weight excluding hydrogens is 456 g/mol. The number of para-hydroxylation sites is 1. The molecule has 0 aliphatic carbocycles. The van der Waals surface area contributed by atoms with Crippen LogP contribution in [0.15, 0.2) is 91.0 Å². The molecule has 36 heavy (non-hydrogen) atoms. The minimum atomic E-state index is -0.625. The first kappa shape index (κ1) is 24.5. The molecule has 0 aliphatic heterocycles. The van der Waals surface area contributed by atoms with Gasteiger partial charge in [-0.2, -0.15) is 0 Å². The van der Waals surface area contributed by atoms with Crippen molar-refractivity contribution in [3.63, 3.8) is 0 Å². The molecule has 7 heteroatoms. The van der Waals surface area contributed by atoms with Gasteiger partial charge in [0.1, 0.15) is 11.5 Å². The number of hydrogen-bond acceptors (Lipinski definition) is 5. The van der Waals surface area contributed by atoms with E-state index in [9.17, 15) is 14.4 Å². The molecule has 0 unspecified atom stereocenters. The van der Waals surface area contributed by atoms with Gasteiger partial charge in [0.05, 0.1) is 6.42 Å². The normalized spacial score (nSPS) is 10.5. The molecule has 0 spiro atoms. The van der Waals surface area contributed by atoms with E-state index >= 15 is 0 Å². The average Bonchev–Trinajstić information content (AvgIpc) is 2.89. The first-order chi connectivity index (χ1) is 17.5. The molecule has 2 N–H and O–H groups in total. The molecule has 182 valence electrons. The van der Waals surface area contributed by atoms with E-state index in [1.165, 1.54) is 0 Å². The number of aryl methyl sites for hydroxylation is 1. The van der Waals surface area contributed by atoms with E-state index in [1.54, 1.807) is 30.3 Å². The summed E-state index contributed by atoms with van der Waals surface area (Å²) in [5, 5.41) is 7.37. The van der Waals surface area contributed by atoms with Crippen LogP contribution in [0, 0.1) is 6.92 Å². The van der Waals surface area contributed by atoms with Crippen molar-refractivity contribution in [3.05, 3.63) is 96.6 Å². The predicted octanol–water partition coefficient (Wildman–Crippen LogP) is 5.84. The van der Waals surface area contributed by atoms with E-state index in [0.29, 0.717) is 17.1 Å². The van der Waals surface area contributed by atoms with Gasteiger partial charge < -0.3 is 20.1 Å². The molecule has 2 amide bonds. The Kier molecular flexibility index (Phi) is 7.93. The second kappa shape index (κ2) is 11.7. The lowest BCUT2D eigenvalue weighted by Crippen LogP contribution is -2.22. The second-order valence-electron chi connectivity index (χ2n) is 8.18. The summed E-state index contributed by atoms with van der Waals surface area (Å²) in [5.41, 5.74) is 2.25. The van der Waals surface area contributed by atoms with Gasteiger partial charge in [-0.25, -0.2) is 0 Å². The number of benzene rings is 4. The summed E-state index contributed by atoms with van der Waals surface area (Å²) >= 11 is 0. The lowest BCUT2D eigenvalue weighted by Gasteiger charge is -2.10. The molecule has 0 aromatic heterocycles. The Balaban J connectivity index is 1.19. The molecule has 0 aliphatic rings. The van der Waals surface area contributed by atoms with E-state index in [-0.39, 0.29) is 18.7 Å². The zero-order chi connectivity index (χ0) is 25.3. The van der Waals surface area contributed by atoms with E-state index in [0.717, 1.165) is 22.1 Å². The van der Waals surface area contributed by atoms with Crippen LogP contribution in [-0.2, 0) is 19.1 Å². The van der Waals surface area contributed by atoms with Gasteiger partial charge in [-0.05, 0) is 54.3 Å². The van der Waals surface area contributed by atoms with Crippen molar-refractivity contribution >= 4 is 39.9 Å². The molecule has 4 rings (SSSR count). The van der Waals surface area contributed by atoms with Crippen LogP contribution in [0.4, 0.5) is 11.4 Å². The number of ether oxygens (including phenoxy) is 2. The first-order valence-corrected chi connectivity index (χ1v) is 11.5. The number of amides is 2. The Bertz CT molecular complexity index is 1380. The number of fused-ring (bicyclic) bond motifs is 1. The average molecular weight is 483 g/mol. The number of carbonyl (C=O) groups excluding carboxylic acids is 3. The van der Waals surface area contributed by atoms with Crippen molar-refractivity contribution < 1.29 is 23.9 Å². The number of anilines is 2.